The second-order valence-corrected chi connectivity index (χ2v) is 4.29. The van der Waals surface area contributed by atoms with Crippen molar-refractivity contribution in [2.45, 2.75) is 13.5 Å². The number of aromatic nitrogens is 3. The van der Waals surface area contributed by atoms with Gasteiger partial charge in [-0.1, -0.05) is 0 Å². The lowest BCUT2D eigenvalue weighted by molar-refractivity contribution is 0.820. The van der Waals surface area contributed by atoms with Crippen LogP contribution in [0.15, 0.2) is 24.5 Å². The molecule has 0 aliphatic rings. The van der Waals surface area contributed by atoms with Crippen molar-refractivity contribution in [3.63, 3.8) is 0 Å². The molecule has 0 aliphatic carbocycles. The van der Waals surface area contributed by atoms with Crippen LogP contribution in [0.4, 0.5) is 11.6 Å². The van der Waals surface area contributed by atoms with Crippen LogP contribution in [0.1, 0.15) is 11.4 Å². The molecule has 2 heterocycles. The maximum atomic E-state index is 4.37. The first-order valence-corrected chi connectivity index (χ1v) is 6.37. The molecule has 0 atom stereocenters. The maximum absolute atomic E-state index is 4.37. The number of aryl methyl sites for hydroxylation is 1. The minimum atomic E-state index is 0.746. The first-order chi connectivity index (χ1) is 9.28. The van der Waals surface area contributed by atoms with Gasteiger partial charge in [0, 0.05) is 38.1 Å². The summed E-state index contributed by atoms with van der Waals surface area (Å²) in [6.07, 6.45) is 3.88. The van der Waals surface area contributed by atoms with E-state index in [0.29, 0.717) is 0 Å². The van der Waals surface area contributed by atoms with E-state index in [2.05, 4.69) is 30.9 Å². The van der Waals surface area contributed by atoms with Crippen LogP contribution in [0, 0.1) is 6.92 Å². The fraction of sp³-hybridized carbons (Fsp3) is 0.385. The lowest BCUT2D eigenvalue weighted by Crippen LogP contribution is -2.18. The van der Waals surface area contributed by atoms with Crippen LogP contribution >= 0.6 is 0 Å². The molecule has 0 amide bonds. The molecule has 0 radical (unpaired) electrons. The molecule has 0 unspecified atom stereocenters. The third-order valence-corrected chi connectivity index (χ3v) is 2.66. The van der Waals surface area contributed by atoms with Gasteiger partial charge in [-0.2, -0.15) is 0 Å². The average Bonchev–Trinajstić information content (AvgIpc) is 2.89. The molecule has 6 nitrogen and oxygen atoms in total. The topological polar surface area (TPSA) is 77.7 Å². The van der Waals surface area contributed by atoms with Crippen LogP contribution in [-0.2, 0) is 6.54 Å². The molecule has 6 heteroatoms. The van der Waals surface area contributed by atoms with Crippen molar-refractivity contribution >= 4 is 11.6 Å². The first-order valence-electron chi connectivity index (χ1n) is 6.37. The number of anilines is 2. The number of hydrogen-bond donors (Lipinski definition) is 4. The number of hydrogen-bond acceptors (Lipinski definition) is 5. The van der Waals surface area contributed by atoms with Gasteiger partial charge in [0.15, 0.2) is 0 Å². The van der Waals surface area contributed by atoms with Crippen molar-refractivity contribution in [3.05, 3.63) is 35.9 Å². The van der Waals surface area contributed by atoms with Gasteiger partial charge in [-0.05, 0) is 25.6 Å². The predicted octanol–water partition coefficient (Wildman–Crippen LogP) is 1.36. The normalized spacial score (nSPS) is 10.4. The fourth-order valence-electron chi connectivity index (χ4n) is 1.73. The average molecular weight is 260 g/mol. The fourth-order valence-corrected chi connectivity index (χ4v) is 1.73. The molecule has 102 valence electrons. The highest BCUT2D eigenvalue weighted by Crippen LogP contribution is 2.12. The molecule has 0 saturated heterocycles. The van der Waals surface area contributed by atoms with Gasteiger partial charge in [-0.15, -0.1) is 0 Å². The molecule has 2 rings (SSSR count). The Hall–Kier alpha value is -2.08. The summed E-state index contributed by atoms with van der Waals surface area (Å²) in [6.45, 7) is 4.38. The standard InChI is InChI=1S/C13H20N6/c1-10-18-12(16-6-5-14-2)7-13(19-10)17-9-11-3-4-15-8-11/h3-4,7-8,14-15H,5-6,9H2,1-2H3,(H2,16,17,18,19). The molecule has 2 aromatic rings. The highest BCUT2D eigenvalue weighted by molar-refractivity contribution is 5.47. The van der Waals surface area contributed by atoms with E-state index in [-0.39, 0.29) is 0 Å². The maximum Gasteiger partial charge on any atom is 0.132 e. The van der Waals surface area contributed by atoms with Crippen LogP contribution in [0.5, 0.6) is 0 Å². The minimum Gasteiger partial charge on any atom is -0.369 e. The Morgan fingerprint density at radius 2 is 1.95 bits per heavy atom. The Labute approximate surface area is 113 Å². The second-order valence-electron chi connectivity index (χ2n) is 4.29. The Morgan fingerprint density at radius 3 is 2.63 bits per heavy atom. The lowest BCUT2D eigenvalue weighted by atomic mass is 10.3. The number of likely N-dealkylation sites (N-methyl/N-ethyl adjacent to an activating group) is 1. The zero-order valence-electron chi connectivity index (χ0n) is 11.3. The molecule has 2 aromatic heterocycles. The molecule has 0 saturated carbocycles. The summed E-state index contributed by atoms with van der Waals surface area (Å²) in [4.78, 5) is 11.8. The van der Waals surface area contributed by atoms with E-state index < -0.39 is 0 Å². The quantitative estimate of drug-likeness (QED) is 0.565. The summed E-state index contributed by atoms with van der Waals surface area (Å²) in [5.41, 5.74) is 1.20. The highest BCUT2D eigenvalue weighted by Gasteiger charge is 2.01. The summed E-state index contributed by atoms with van der Waals surface area (Å²) in [5.74, 6) is 2.44. The second kappa shape index (κ2) is 6.75. The van der Waals surface area contributed by atoms with Crippen LogP contribution in [0.3, 0.4) is 0 Å². The molecule has 0 bridgehead atoms. The van der Waals surface area contributed by atoms with Gasteiger partial charge >= 0.3 is 0 Å². The van der Waals surface area contributed by atoms with Gasteiger partial charge in [0.25, 0.3) is 0 Å². The molecular weight excluding hydrogens is 240 g/mol. The van der Waals surface area contributed by atoms with Crippen molar-refractivity contribution in [2.24, 2.45) is 0 Å². The van der Waals surface area contributed by atoms with E-state index in [9.17, 15) is 0 Å². The summed E-state index contributed by atoms with van der Waals surface area (Å²) < 4.78 is 0. The number of aromatic amines is 1. The van der Waals surface area contributed by atoms with Gasteiger partial charge < -0.3 is 20.9 Å². The molecule has 0 aliphatic heterocycles. The van der Waals surface area contributed by atoms with Gasteiger partial charge in [-0.3, -0.25) is 0 Å². The predicted molar refractivity (Wildman–Crippen MR) is 77.3 cm³/mol. The van der Waals surface area contributed by atoms with Crippen LogP contribution < -0.4 is 16.0 Å². The van der Waals surface area contributed by atoms with E-state index >= 15 is 0 Å². The van der Waals surface area contributed by atoms with Crippen molar-refractivity contribution in [1.82, 2.24) is 20.3 Å². The summed E-state index contributed by atoms with van der Waals surface area (Å²) in [7, 11) is 1.93. The van der Waals surface area contributed by atoms with Crippen molar-refractivity contribution in [2.75, 3.05) is 30.8 Å². The lowest BCUT2D eigenvalue weighted by Gasteiger charge is -2.09. The van der Waals surface area contributed by atoms with E-state index in [4.69, 9.17) is 0 Å². The van der Waals surface area contributed by atoms with Crippen molar-refractivity contribution in [3.8, 4) is 0 Å². The molecule has 0 spiro atoms. The monoisotopic (exact) mass is 260 g/mol. The Balaban J connectivity index is 1.95. The van der Waals surface area contributed by atoms with Crippen molar-refractivity contribution < 1.29 is 0 Å². The number of nitrogens with zero attached hydrogens (tertiary/aromatic N) is 2. The summed E-state index contributed by atoms with van der Waals surface area (Å²) in [6, 6.07) is 3.96. The van der Waals surface area contributed by atoms with E-state index in [1.807, 2.05) is 38.5 Å². The highest BCUT2D eigenvalue weighted by atomic mass is 15.1. The van der Waals surface area contributed by atoms with Gasteiger partial charge in [0.1, 0.15) is 17.5 Å². The van der Waals surface area contributed by atoms with E-state index in [0.717, 1.165) is 37.1 Å². The zero-order valence-corrected chi connectivity index (χ0v) is 11.3. The largest absolute Gasteiger partial charge is 0.369 e. The molecule has 0 aromatic carbocycles. The number of nitrogens with one attached hydrogen (secondary N) is 4. The molecular formula is C13H20N6. The summed E-state index contributed by atoms with van der Waals surface area (Å²) >= 11 is 0. The zero-order chi connectivity index (χ0) is 13.5. The summed E-state index contributed by atoms with van der Waals surface area (Å²) in [5, 5.41) is 9.64. The van der Waals surface area contributed by atoms with E-state index in [1.165, 1.54) is 5.56 Å². The first kappa shape index (κ1) is 13.4. The van der Waals surface area contributed by atoms with Gasteiger partial charge in [0.2, 0.25) is 0 Å². The van der Waals surface area contributed by atoms with Crippen LogP contribution in [0.2, 0.25) is 0 Å². The Bertz CT molecular complexity index is 494. The minimum absolute atomic E-state index is 0.746. The number of rotatable bonds is 7. The Kier molecular flexibility index (Phi) is 4.74. The van der Waals surface area contributed by atoms with Crippen LogP contribution in [0.25, 0.3) is 0 Å². The molecule has 4 N–H and O–H groups in total. The Morgan fingerprint density at radius 1 is 1.16 bits per heavy atom. The van der Waals surface area contributed by atoms with E-state index in [1.54, 1.807) is 0 Å². The molecule has 0 fully saturated rings. The van der Waals surface area contributed by atoms with Gasteiger partial charge in [-0.25, -0.2) is 9.97 Å². The smallest absolute Gasteiger partial charge is 0.132 e. The number of H-pyrrole nitrogens is 1. The molecule has 19 heavy (non-hydrogen) atoms. The third-order valence-electron chi connectivity index (χ3n) is 2.66. The third kappa shape index (κ3) is 4.26. The van der Waals surface area contributed by atoms with Crippen molar-refractivity contribution in [1.29, 1.82) is 0 Å². The van der Waals surface area contributed by atoms with Crippen LogP contribution in [-0.4, -0.2) is 35.1 Å². The van der Waals surface area contributed by atoms with Gasteiger partial charge in [0.05, 0.1) is 0 Å². The SMILES string of the molecule is CNCCNc1cc(NCc2cc[nH]c2)nc(C)n1.